The number of hydrogen-bond donors (Lipinski definition) is 0. The maximum atomic E-state index is 4.58. The highest BCUT2D eigenvalue weighted by molar-refractivity contribution is 7.25. The second kappa shape index (κ2) is 11.0. The lowest BCUT2D eigenvalue weighted by atomic mass is 9.80. The van der Waals surface area contributed by atoms with Gasteiger partial charge in [-0.05, 0) is 103 Å². The van der Waals surface area contributed by atoms with Crippen LogP contribution in [0.2, 0.25) is 0 Å². The average Bonchev–Trinajstić information content (AvgIpc) is 3.62. The average molecular weight is 631 g/mol. The second-order valence-electron chi connectivity index (χ2n) is 13.4. The minimum Gasteiger partial charge on any atom is -0.135 e. The van der Waals surface area contributed by atoms with Crippen molar-refractivity contribution in [2.45, 2.75) is 19.3 Å². The topological polar surface area (TPSA) is 0 Å². The Morgan fingerprint density at radius 1 is 0.438 bits per heavy atom. The molecule has 0 N–H and O–H groups in total. The number of hydrogen-bond acceptors (Lipinski definition) is 1. The lowest BCUT2D eigenvalue weighted by Crippen LogP contribution is -2.15. The molecule has 1 heteroatoms. The lowest BCUT2D eigenvalue weighted by molar-refractivity contribution is 0.660. The summed E-state index contributed by atoms with van der Waals surface area (Å²) in [6.07, 6.45) is 0. The molecular weight excluding hydrogens is 597 g/mol. The van der Waals surface area contributed by atoms with Gasteiger partial charge in [-0.1, -0.05) is 148 Å². The SMILES string of the molecule is C=C(c1ccc(-c2ccccc2-c2ccccc2)cc1)c1ccc2c(c1)C(C)(C)c1cc(-c3ccc4sc5ccccc5c4c3)ccc1-2. The molecule has 48 heavy (non-hydrogen) atoms. The number of rotatable bonds is 5. The molecule has 0 atom stereocenters. The third kappa shape index (κ3) is 4.58. The monoisotopic (exact) mass is 630 g/mol. The molecule has 0 spiro atoms. The molecule has 7 aromatic carbocycles. The van der Waals surface area contributed by atoms with Crippen LogP contribution in [0, 0.1) is 0 Å². The standard InChI is InChI=1S/C47H34S/c1-30(31-17-19-33(20-18-31)38-14-8-7-13-37(38)32-11-5-4-6-12-32)34-21-24-39-40-25-22-36(29-44(40)47(2,3)43(39)28-34)35-23-26-46-42(27-35)41-15-9-10-16-45(41)48-46/h4-29H,1H2,2-3H3. The third-order valence-electron chi connectivity index (χ3n) is 10.3. The summed E-state index contributed by atoms with van der Waals surface area (Å²) in [5.74, 6) is 0. The van der Waals surface area contributed by atoms with Crippen LogP contribution >= 0.6 is 11.3 Å². The Bertz CT molecular complexity index is 2530. The number of thiophene rings is 1. The zero-order valence-electron chi connectivity index (χ0n) is 27.1. The predicted octanol–water partition coefficient (Wildman–Crippen LogP) is 13.4. The highest BCUT2D eigenvalue weighted by Crippen LogP contribution is 2.51. The first-order chi connectivity index (χ1) is 23.5. The fourth-order valence-corrected chi connectivity index (χ4v) is 8.72. The molecule has 228 valence electrons. The van der Waals surface area contributed by atoms with Gasteiger partial charge in [0.1, 0.15) is 0 Å². The molecule has 1 heterocycles. The van der Waals surface area contributed by atoms with Gasteiger partial charge < -0.3 is 0 Å². The minimum atomic E-state index is -0.124. The summed E-state index contributed by atoms with van der Waals surface area (Å²) in [4.78, 5) is 0. The van der Waals surface area contributed by atoms with E-state index < -0.39 is 0 Å². The van der Waals surface area contributed by atoms with Crippen molar-refractivity contribution in [3.8, 4) is 44.5 Å². The van der Waals surface area contributed by atoms with Crippen LogP contribution in [0.1, 0.15) is 36.1 Å². The van der Waals surface area contributed by atoms with Crippen molar-refractivity contribution in [1.82, 2.24) is 0 Å². The van der Waals surface area contributed by atoms with Gasteiger partial charge in [-0.25, -0.2) is 0 Å². The summed E-state index contributed by atoms with van der Waals surface area (Å²) in [6.45, 7) is 9.31. The first-order valence-electron chi connectivity index (χ1n) is 16.6. The van der Waals surface area contributed by atoms with Crippen molar-refractivity contribution in [1.29, 1.82) is 0 Å². The second-order valence-corrected chi connectivity index (χ2v) is 14.5. The molecule has 0 radical (unpaired) electrons. The fraction of sp³-hybridized carbons (Fsp3) is 0.0638. The summed E-state index contributed by atoms with van der Waals surface area (Å²) in [5.41, 5.74) is 16.1. The lowest BCUT2D eigenvalue weighted by Gasteiger charge is -2.23. The van der Waals surface area contributed by atoms with E-state index in [1.165, 1.54) is 81.4 Å². The molecule has 0 unspecified atom stereocenters. The van der Waals surface area contributed by atoms with Gasteiger partial charge in [0, 0.05) is 25.6 Å². The van der Waals surface area contributed by atoms with Crippen LogP contribution in [-0.4, -0.2) is 0 Å². The molecule has 9 rings (SSSR count). The van der Waals surface area contributed by atoms with Gasteiger partial charge >= 0.3 is 0 Å². The van der Waals surface area contributed by atoms with Gasteiger partial charge in [0.2, 0.25) is 0 Å². The van der Waals surface area contributed by atoms with Crippen LogP contribution in [-0.2, 0) is 5.41 Å². The van der Waals surface area contributed by atoms with Gasteiger partial charge in [0.25, 0.3) is 0 Å². The van der Waals surface area contributed by atoms with Gasteiger partial charge in [-0.3, -0.25) is 0 Å². The van der Waals surface area contributed by atoms with Crippen molar-refractivity contribution in [2.24, 2.45) is 0 Å². The van der Waals surface area contributed by atoms with Gasteiger partial charge in [-0.2, -0.15) is 0 Å². The van der Waals surface area contributed by atoms with E-state index in [2.05, 4.69) is 178 Å². The zero-order chi connectivity index (χ0) is 32.4. The molecule has 0 fully saturated rings. The maximum absolute atomic E-state index is 4.58. The number of benzene rings is 7. The molecular formula is C47H34S. The Balaban J connectivity index is 1.03. The first kappa shape index (κ1) is 28.7. The highest BCUT2D eigenvalue weighted by Gasteiger charge is 2.36. The molecule has 0 aliphatic heterocycles. The molecule has 0 bridgehead atoms. The third-order valence-corrected chi connectivity index (χ3v) is 11.4. The largest absolute Gasteiger partial charge is 0.135 e. The van der Waals surface area contributed by atoms with Crippen molar-refractivity contribution in [3.63, 3.8) is 0 Å². The normalized spacial score (nSPS) is 13.0. The Labute approximate surface area is 286 Å². The molecule has 0 saturated carbocycles. The van der Waals surface area contributed by atoms with Crippen molar-refractivity contribution in [2.75, 3.05) is 0 Å². The Kier molecular flexibility index (Phi) is 6.61. The van der Waals surface area contributed by atoms with Crippen molar-refractivity contribution < 1.29 is 0 Å². The van der Waals surface area contributed by atoms with Crippen molar-refractivity contribution >= 4 is 37.1 Å². The number of fused-ring (bicyclic) bond motifs is 6. The Morgan fingerprint density at radius 3 is 1.75 bits per heavy atom. The molecule has 0 amide bonds. The fourth-order valence-electron chi connectivity index (χ4n) is 7.63. The Hall–Kier alpha value is -5.50. The summed E-state index contributed by atoms with van der Waals surface area (Å²) >= 11 is 1.87. The summed E-state index contributed by atoms with van der Waals surface area (Å²) in [7, 11) is 0. The van der Waals surface area contributed by atoms with E-state index in [9.17, 15) is 0 Å². The minimum absolute atomic E-state index is 0.124. The van der Waals surface area contributed by atoms with E-state index >= 15 is 0 Å². The smallest absolute Gasteiger partial charge is 0.0355 e. The van der Waals surface area contributed by atoms with Crippen LogP contribution in [0.4, 0.5) is 0 Å². The molecule has 1 aliphatic rings. The summed E-state index contributed by atoms with van der Waals surface area (Å²) in [6, 6.07) is 57.8. The van der Waals surface area contributed by atoms with E-state index in [1.54, 1.807) is 0 Å². The summed E-state index contributed by atoms with van der Waals surface area (Å²) < 4.78 is 2.69. The van der Waals surface area contributed by atoms with Gasteiger partial charge in [0.05, 0.1) is 0 Å². The quantitative estimate of drug-likeness (QED) is 0.177. The maximum Gasteiger partial charge on any atom is 0.0355 e. The van der Waals surface area contributed by atoms with E-state index in [-0.39, 0.29) is 5.41 Å². The predicted molar refractivity (Wildman–Crippen MR) is 208 cm³/mol. The first-order valence-corrected chi connectivity index (χ1v) is 17.4. The van der Waals surface area contributed by atoms with Crippen LogP contribution in [0.5, 0.6) is 0 Å². The molecule has 1 aromatic heterocycles. The van der Waals surface area contributed by atoms with E-state index in [0.29, 0.717) is 0 Å². The Morgan fingerprint density at radius 2 is 0.979 bits per heavy atom. The molecule has 0 saturated heterocycles. The van der Waals surface area contributed by atoms with Gasteiger partial charge in [-0.15, -0.1) is 11.3 Å². The van der Waals surface area contributed by atoms with Crippen LogP contribution in [0.3, 0.4) is 0 Å². The molecule has 8 aromatic rings. The van der Waals surface area contributed by atoms with E-state index in [4.69, 9.17) is 0 Å². The summed E-state index contributed by atoms with van der Waals surface area (Å²) in [5, 5.41) is 2.68. The highest BCUT2D eigenvalue weighted by atomic mass is 32.1. The van der Waals surface area contributed by atoms with Crippen LogP contribution < -0.4 is 0 Å². The molecule has 1 aliphatic carbocycles. The van der Waals surface area contributed by atoms with Crippen LogP contribution in [0.25, 0.3) is 70.3 Å². The molecule has 0 nitrogen and oxygen atoms in total. The zero-order valence-corrected chi connectivity index (χ0v) is 27.9. The van der Waals surface area contributed by atoms with E-state index in [0.717, 1.165) is 11.1 Å². The van der Waals surface area contributed by atoms with Gasteiger partial charge in [0.15, 0.2) is 0 Å². The van der Waals surface area contributed by atoms with Crippen molar-refractivity contribution in [3.05, 3.63) is 187 Å². The van der Waals surface area contributed by atoms with E-state index in [1.807, 2.05) is 11.3 Å². The van der Waals surface area contributed by atoms with Crippen LogP contribution in [0.15, 0.2) is 164 Å².